The summed E-state index contributed by atoms with van der Waals surface area (Å²) in [7, 11) is 3.35. The Labute approximate surface area is 244 Å². The van der Waals surface area contributed by atoms with Gasteiger partial charge in [-0.15, -0.1) is 0 Å². The molecule has 5 rings (SSSR count). The Bertz CT molecular complexity index is 1540. The molecule has 4 aromatic rings. The standard InChI is InChI=1S/C31H33FN6O4/c1-20-9-8-10-21(2)27(20)34-28(39)26-29(41-23-11-6-5-7-12-23)35-31(36-30(26)42-40-4)33-22-13-14-25(24(32)19-22)38-17-15-37(3)16-18-38/h5-14,19H,15-18H2,1-4H3,(H,34,39)(H,33,35,36). The molecule has 3 aromatic carbocycles. The summed E-state index contributed by atoms with van der Waals surface area (Å²) in [6.07, 6.45) is 0. The summed E-state index contributed by atoms with van der Waals surface area (Å²) in [6.45, 7) is 7.01. The third kappa shape index (κ3) is 6.59. The molecule has 1 aromatic heterocycles. The van der Waals surface area contributed by atoms with E-state index in [1.165, 1.54) is 13.2 Å². The highest BCUT2D eigenvalue weighted by Crippen LogP contribution is 2.34. The monoisotopic (exact) mass is 572 g/mol. The minimum absolute atomic E-state index is 0.0170. The smallest absolute Gasteiger partial charge is 0.277 e. The van der Waals surface area contributed by atoms with Crippen molar-refractivity contribution in [3.63, 3.8) is 0 Å². The summed E-state index contributed by atoms with van der Waals surface area (Å²) < 4.78 is 21.2. The zero-order valence-corrected chi connectivity index (χ0v) is 24.0. The molecule has 218 valence electrons. The molecule has 1 fully saturated rings. The molecule has 1 amide bonds. The number of ether oxygens (including phenoxy) is 1. The third-order valence-corrected chi connectivity index (χ3v) is 6.96. The van der Waals surface area contributed by atoms with Gasteiger partial charge >= 0.3 is 0 Å². The summed E-state index contributed by atoms with van der Waals surface area (Å²) in [5.41, 5.74) is 3.27. The highest BCUT2D eigenvalue weighted by atomic mass is 19.1. The van der Waals surface area contributed by atoms with E-state index in [0.29, 0.717) is 22.8 Å². The SMILES string of the molecule is COOc1nc(Nc2ccc(N3CCN(C)CC3)c(F)c2)nc(Oc2ccccc2)c1C(=O)Nc1c(C)cccc1C. The Morgan fingerprint density at radius 1 is 0.905 bits per heavy atom. The molecule has 0 aliphatic carbocycles. The van der Waals surface area contributed by atoms with E-state index in [1.807, 2.05) is 43.0 Å². The van der Waals surface area contributed by atoms with Gasteiger partial charge in [-0.05, 0) is 62.4 Å². The van der Waals surface area contributed by atoms with Crippen LogP contribution in [0, 0.1) is 19.7 Å². The topological polar surface area (TPSA) is 101 Å². The molecule has 42 heavy (non-hydrogen) atoms. The number of benzene rings is 3. The number of aryl methyl sites for hydroxylation is 2. The lowest BCUT2D eigenvalue weighted by Gasteiger charge is -2.34. The van der Waals surface area contributed by atoms with Crippen LogP contribution in [0.1, 0.15) is 21.5 Å². The van der Waals surface area contributed by atoms with Crippen LogP contribution in [0.3, 0.4) is 0 Å². The molecule has 1 aliphatic rings. The van der Waals surface area contributed by atoms with Gasteiger partial charge in [0.05, 0.1) is 12.8 Å². The highest BCUT2D eigenvalue weighted by molar-refractivity contribution is 6.08. The first-order chi connectivity index (χ1) is 20.3. The maximum Gasteiger partial charge on any atom is 0.277 e. The van der Waals surface area contributed by atoms with Crippen LogP contribution < -0.4 is 25.2 Å². The van der Waals surface area contributed by atoms with Gasteiger partial charge in [-0.1, -0.05) is 36.4 Å². The Morgan fingerprint density at radius 2 is 1.60 bits per heavy atom. The van der Waals surface area contributed by atoms with Crippen molar-refractivity contribution in [2.24, 2.45) is 0 Å². The number of hydrogen-bond donors (Lipinski definition) is 2. The van der Waals surface area contributed by atoms with Gasteiger partial charge in [0, 0.05) is 37.6 Å². The van der Waals surface area contributed by atoms with Crippen molar-refractivity contribution in [2.45, 2.75) is 13.8 Å². The normalized spacial score (nSPS) is 13.5. The van der Waals surface area contributed by atoms with E-state index in [2.05, 4.69) is 32.5 Å². The van der Waals surface area contributed by atoms with Crippen LogP contribution >= 0.6 is 0 Å². The number of piperazine rings is 1. The van der Waals surface area contributed by atoms with Gasteiger partial charge < -0.3 is 30.1 Å². The first-order valence-electron chi connectivity index (χ1n) is 13.6. The number of anilines is 4. The molecule has 2 N–H and O–H groups in total. The number of nitrogens with one attached hydrogen (secondary N) is 2. The van der Waals surface area contributed by atoms with Gasteiger partial charge in [0.25, 0.3) is 11.8 Å². The Morgan fingerprint density at radius 3 is 2.26 bits per heavy atom. The third-order valence-electron chi connectivity index (χ3n) is 6.96. The molecular weight excluding hydrogens is 539 g/mol. The van der Waals surface area contributed by atoms with Gasteiger partial charge in [0.1, 0.15) is 11.6 Å². The predicted octanol–water partition coefficient (Wildman–Crippen LogP) is 5.71. The van der Waals surface area contributed by atoms with Gasteiger partial charge in [0.2, 0.25) is 11.8 Å². The van der Waals surface area contributed by atoms with Crippen LogP contribution in [0.2, 0.25) is 0 Å². The molecule has 0 unspecified atom stereocenters. The number of nitrogens with zero attached hydrogens (tertiary/aromatic N) is 4. The predicted molar refractivity (Wildman–Crippen MR) is 159 cm³/mol. The van der Waals surface area contributed by atoms with E-state index in [9.17, 15) is 4.79 Å². The van der Waals surface area contributed by atoms with Gasteiger partial charge in [-0.2, -0.15) is 14.9 Å². The number of halogens is 1. The maximum absolute atomic E-state index is 15.2. The van der Waals surface area contributed by atoms with Crippen molar-refractivity contribution in [1.82, 2.24) is 14.9 Å². The number of para-hydroxylation sites is 2. The van der Waals surface area contributed by atoms with Crippen LogP contribution in [0.25, 0.3) is 0 Å². The number of carbonyl (C=O) groups excluding carboxylic acids is 1. The van der Waals surface area contributed by atoms with E-state index in [1.54, 1.807) is 36.4 Å². The lowest BCUT2D eigenvalue weighted by molar-refractivity contribution is -0.181. The van der Waals surface area contributed by atoms with E-state index in [0.717, 1.165) is 37.3 Å². The second kappa shape index (κ2) is 12.8. The number of amides is 1. The number of hydrogen-bond acceptors (Lipinski definition) is 9. The second-order valence-electron chi connectivity index (χ2n) is 10.0. The molecule has 0 bridgehead atoms. The number of rotatable bonds is 9. The molecule has 11 heteroatoms. The lowest BCUT2D eigenvalue weighted by atomic mass is 10.1. The van der Waals surface area contributed by atoms with Crippen LogP contribution in [0.5, 0.6) is 17.5 Å². The van der Waals surface area contributed by atoms with Gasteiger partial charge in [-0.3, -0.25) is 4.79 Å². The summed E-state index contributed by atoms with van der Waals surface area (Å²) in [4.78, 5) is 37.0. The Kier molecular flexibility index (Phi) is 8.80. The second-order valence-corrected chi connectivity index (χ2v) is 10.0. The van der Waals surface area contributed by atoms with Crippen molar-refractivity contribution in [1.29, 1.82) is 0 Å². The Hall–Kier alpha value is -4.74. The summed E-state index contributed by atoms with van der Waals surface area (Å²) in [5.74, 6) is -0.733. The summed E-state index contributed by atoms with van der Waals surface area (Å²) in [6, 6.07) is 19.4. The molecule has 2 heterocycles. The van der Waals surface area contributed by atoms with Crippen molar-refractivity contribution in [3.05, 3.63) is 89.2 Å². The first-order valence-corrected chi connectivity index (χ1v) is 13.6. The number of carbonyl (C=O) groups is 1. The fourth-order valence-electron chi connectivity index (χ4n) is 4.69. The largest absolute Gasteiger partial charge is 0.438 e. The van der Waals surface area contributed by atoms with Gasteiger partial charge in [0.15, 0.2) is 5.56 Å². The van der Waals surface area contributed by atoms with Gasteiger partial charge in [-0.25, -0.2) is 4.39 Å². The van der Waals surface area contributed by atoms with Crippen molar-refractivity contribution >= 4 is 28.9 Å². The highest BCUT2D eigenvalue weighted by Gasteiger charge is 2.27. The zero-order chi connectivity index (χ0) is 29.6. The molecule has 1 saturated heterocycles. The molecular formula is C31H33FN6O4. The van der Waals surface area contributed by atoms with E-state index >= 15 is 4.39 Å². The van der Waals surface area contributed by atoms with E-state index < -0.39 is 5.91 Å². The van der Waals surface area contributed by atoms with Crippen LogP contribution in [-0.2, 0) is 4.89 Å². The fourth-order valence-corrected chi connectivity index (χ4v) is 4.69. The summed E-state index contributed by atoms with van der Waals surface area (Å²) in [5, 5.41) is 5.93. The minimum Gasteiger partial charge on any atom is -0.438 e. The molecule has 0 saturated carbocycles. The van der Waals surface area contributed by atoms with E-state index in [4.69, 9.17) is 14.5 Å². The zero-order valence-electron chi connectivity index (χ0n) is 24.0. The van der Waals surface area contributed by atoms with Crippen molar-refractivity contribution in [3.8, 4) is 17.5 Å². The van der Waals surface area contributed by atoms with Crippen LogP contribution in [0.15, 0.2) is 66.7 Å². The fraction of sp³-hybridized carbons (Fsp3) is 0.258. The number of aromatic nitrogens is 2. The average Bonchev–Trinajstić information content (AvgIpc) is 2.96. The van der Waals surface area contributed by atoms with E-state index in [-0.39, 0.29) is 29.1 Å². The molecule has 0 radical (unpaired) electrons. The number of likely N-dealkylation sites (N-methyl/N-ethyl adjacent to an activating group) is 1. The maximum atomic E-state index is 15.2. The molecule has 0 spiro atoms. The Balaban J connectivity index is 1.49. The summed E-state index contributed by atoms with van der Waals surface area (Å²) >= 11 is 0. The van der Waals surface area contributed by atoms with Crippen LogP contribution in [0.4, 0.5) is 27.4 Å². The average molecular weight is 573 g/mol. The molecule has 10 nitrogen and oxygen atoms in total. The quantitative estimate of drug-likeness (QED) is 0.193. The molecule has 1 aliphatic heterocycles. The minimum atomic E-state index is -0.556. The molecule has 0 atom stereocenters. The van der Waals surface area contributed by atoms with Crippen molar-refractivity contribution < 1.29 is 23.7 Å². The van der Waals surface area contributed by atoms with Crippen LogP contribution in [-0.4, -0.2) is 61.1 Å². The first kappa shape index (κ1) is 28.8. The lowest BCUT2D eigenvalue weighted by Crippen LogP contribution is -2.44. The van der Waals surface area contributed by atoms with Crippen molar-refractivity contribution in [2.75, 3.05) is 55.9 Å².